The number of hydrogen-bond donors (Lipinski definition) is 2. The molecule has 8 nitrogen and oxygen atoms in total. The molecule has 2 rings (SSSR count). The number of amidine groups is 1. The molecule has 2 aromatic rings. The lowest BCUT2D eigenvalue weighted by molar-refractivity contribution is -0.385. The number of para-hydroxylation sites is 1. The van der Waals surface area contributed by atoms with Crippen molar-refractivity contribution in [3.63, 3.8) is 0 Å². The van der Waals surface area contributed by atoms with Crippen LogP contribution in [0, 0.1) is 10.1 Å². The van der Waals surface area contributed by atoms with Crippen LogP contribution in [-0.4, -0.2) is 21.0 Å². The first-order chi connectivity index (χ1) is 10.0. The fourth-order valence-corrected chi connectivity index (χ4v) is 1.97. The maximum Gasteiger partial charge on any atom is 0.312 e. The number of nitrogens with zero attached hydrogens (tertiary/aromatic N) is 3. The molecule has 0 bridgehead atoms. The minimum atomic E-state index is -0.562. The lowest BCUT2D eigenvalue weighted by atomic mass is 10.2. The topological polar surface area (TPSA) is 124 Å². The predicted molar refractivity (Wildman–Crippen MR) is 77.6 cm³/mol. The van der Waals surface area contributed by atoms with Crippen LogP contribution in [0.15, 0.2) is 46.2 Å². The highest BCUT2D eigenvalue weighted by atomic mass is 79.9. The fourth-order valence-electron chi connectivity index (χ4n) is 1.53. The zero-order valence-electron chi connectivity index (χ0n) is 10.4. The van der Waals surface area contributed by atoms with Crippen LogP contribution in [0.5, 0.6) is 11.6 Å². The normalized spacial score (nSPS) is 11.2. The molecule has 0 aliphatic rings. The smallest absolute Gasteiger partial charge is 0.312 e. The van der Waals surface area contributed by atoms with Crippen molar-refractivity contribution in [1.29, 1.82) is 0 Å². The van der Waals surface area contributed by atoms with E-state index in [0.717, 1.165) is 0 Å². The zero-order valence-corrected chi connectivity index (χ0v) is 12.0. The number of nitrogens with two attached hydrogens (primary N) is 1. The molecule has 1 aromatic carbocycles. The van der Waals surface area contributed by atoms with Gasteiger partial charge in [-0.3, -0.25) is 10.1 Å². The van der Waals surface area contributed by atoms with E-state index in [-0.39, 0.29) is 23.2 Å². The van der Waals surface area contributed by atoms with Gasteiger partial charge in [-0.1, -0.05) is 11.2 Å². The van der Waals surface area contributed by atoms with Crippen molar-refractivity contribution in [3.8, 4) is 11.6 Å². The van der Waals surface area contributed by atoms with E-state index in [1.54, 1.807) is 6.07 Å². The number of ether oxygens (including phenoxy) is 1. The molecule has 0 spiro atoms. The van der Waals surface area contributed by atoms with Crippen LogP contribution < -0.4 is 10.5 Å². The van der Waals surface area contributed by atoms with Crippen molar-refractivity contribution in [1.82, 2.24) is 4.98 Å². The Morgan fingerprint density at radius 2 is 2.24 bits per heavy atom. The summed E-state index contributed by atoms with van der Waals surface area (Å²) in [7, 11) is 0. The number of hydrogen-bond acceptors (Lipinski definition) is 6. The summed E-state index contributed by atoms with van der Waals surface area (Å²) in [5.74, 6) is -0.0235. The highest BCUT2D eigenvalue weighted by Crippen LogP contribution is 2.37. The van der Waals surface area contributed by atoms with Crippen LogP contribution in [0.25, 0.3) is 0 Å². The lowest BCUT2D eigenvalue weighted by Crippen LogP contribution is -2.13. The molecule has 1 heterocycles. The molecule has 0 saturated carbocycles. The summed E-state index contributed by atoms with van der Waals surface area (Å²) in [6.07, 6.45) is 1.38. The van der Waals surface area contributed by atoms with Crippen molar-refractivity contribution in [2.24, 2.45) is 10.9 Å². The molecule has 1 aromatic heterocycles. The minimum Gasteiger partial charge on any atom is -0.431 e. The third-order valence-corrected chi connectivity index (χ3v) is 3.11. The lowest BCUT2D eigenvalue weighted by Gasteiger charge is -2.08. The van der Waals surface area contributed by atoms with E-state index < -0.39 is 4.92 Å². The fraction of sp³-hybridized carbons (Fsp3) is 0. The number of nitro benzene ring substituents is 1. The molecule has 9 heteroatoms. The highest BCUT2D eigenvalue weighted by molar-refractivity contribution is 9.10. The standard InChI is InChI=1S/C12H9BrN4O4/c13-8-2-1-3-9(17(19)20)11(8)21-10-6-7(4-5-15-10)12(14)16-18/h1-6,18H,(H2,14,16). The molecule has 0 fully saturated rings. The average Bonchev–Trinajstić information content (AvgIpc) is 2.48. The van der Waals surface area contributed by atoms with Crippen LogP contribution in [0.4, 0.5) is 5.69 Å². The van der Waals surface area contributed by atoms with Crippen molar-refractivity contribution in [2.45, 2.75) is 0 Å². The number of halogens is 1. The summed E-state index contributed by atoms with van der Waals surface area (Å²) in [6.45, 7) is 0. The van der Waals surface area contributed by atoms with Gasteiger partial charge in [-0.2, -0.15) is 0 Å². The summed E-state index contributed by atoms with van der Waals surface area (Å²) in [6, 6.07) is 7.35. The summed E-state index contributed by atoms with van der Waals surface area (Å²) in [4.78, 5) is 14.4. The van der Waals surface area contributed by atoms with Gasteiger partial charge in [0, 0.05) is 23.9 Å². The SMILES string of the molecule is N/C(=N/O)c1ccnc(Oc2c(Br)cccc2[N+](=O)[O-])c1. The van der Waals surface area contributed by atoms with Gasteiger partial charge in [-0.05, 0) is 28.1 Å². The van der Waals surface area contributed by atoms with E-state index in [2.05, 4.69) is 26.1 Å². The Labute approximate surface area is 127 Å². The van der Waals surface area contributed by atoms with Gasteiger partial charge in [0.2, 0.25) is 11.6 Å². The number of nitro groups is 1. The maximum absolute atomic E-state index is 11.0. The monoisotopic (exact) mass is 352 g/mol. The quantitative estimate of drug-likeness (QED) is 0.286. The van der Waals surface area contributed by atoms with E-state index >= 15 is 0 Å². The molecule has 0 aliphatic heterocycles. The Morgan fingerprint density at radius 3 is 2.90 bits per heavy atom. The summed E-state index contributed by atoms with van der Waals surface area (Å²) in [5.41, 5.74) is 5.63. The van der Waals surface area contributed by atoms with Gasteiger partial charge in [-0.15, -0.1) is 0 Å². The van der Waals surface area contributed by atoms with Crippen LogP contribution in [0.1, 0.15) is 5.56 Å². The largest absolute Gasteiger partial charge is 0.431 e. The number of benzene rings is 1. The van der Waals surface area contributed by atoms with Gasteiger partial charge in [0.25, 0.3) is 0 Å². The van der Waals surface area contributed by atoms with E-state index in [0.29, 0.717) is 10.0 Å². The Bertz CT molecular complexity index is 720. The summed E-state index contributed by atoms with van der Waals surface area (Å²) in [5, 5.41) is 22.5. The highest BCUT2D eigenvalue weighted by Gasteiger charge is 2.19. The molecule has 0 radical (unpaired) electrons. The Hall–Kier alpha value is -2.68. The van der Waals surface area contributed by atoms with Gasteiger partial charge < -0.3 is 15.7 Å². The second-order valence-corrected chi connectivity index (χ2v) is 4.67. The predicted octanol–water partition coefficient (Wildman–Crippen LogP) is 2.64. The Balaban J connectivity index is 2.41. The van der Waals surface area contributed by atoms with Gasteiger partial charge in [0.15, 0.2) is 5.84 Å². The van der Waals surface area contributed by atoms with Crippen LogP contribution in [0.3, 0.4) is 0 Å². The first kappa shape index (κ1) is 14.7. The Kier molecular flexibility index (Phi) is 4.33. The van der Waals surface area contributed by atoms with E-state index in [9.17, 15) is 10.1 Å². The average molecular weight is 353 g/mol. The van der Waals surface area contributed by atoms with Gasteiger partial charge in [0.1, 0.15) is 0 Å². The first-order valence-corrected chi connectivity index (χ1v) is 6.37. The molecule has 108 valence electrons. The van der Waals surface area contributed by atoms with Crippen LogP contribution in [-0.2, 0) is 0 Å². The third-order valence-electron chi connectivity index (χ3n) is 2.49. The third kappa shape index (κ3) is 3.26. The summed E-state index contributed by atoms with van der Waals surface area (Å²) < 4.78 is 5.85. The number of oxime groups is 1. The van der Waals surface area contributed by atoms with E-state index in [4.69, 9.17) is 15.7 Å². The van der Waals surface area contributed by atoms with E-state index in [1.165, 1.54) is 30.5 Å². The molecule has 0 aliphatic carbocycles. The molecule has 0 atom stereocenters. The molecule has 0 unspecified atom stereocenters. The van der Waals surface area contributed by atoms with Crippen molar-refractivity contribution >= 4 is 27.5 Å². The molecular weight excluding hydrogens is 344 g/mol. The van der Waals surface area contributed by atoms with E-state index in [1.807, 2.05) is 0 Å². The maximum atomic E-state index is 11.0. The molecule has 3 N–H and O–H groups in total. The van der Waals surface area contributed by atoms with Crippen molar-refractivity contribution < 1.29 is 14.9 Å². The number of aromatic nitrogens is 1. The second-order valence-electron chi connectivity index (χ2n) is 3.82. The van der Waals surface area contributed by atoms with Crippen LogP contribution >= 0.6 is 15.9 Å². The number of rotatable bonds is 4. The molecule has 0 amide bonds. The number of pyridine rings is 1. The second kappa shape index (κ2) is 6.18. The molecule has 0 saturated heterocycles. The van der Waals surface area contributed by atoms with Gasteiger partial charge in [0.05, 0.1) is 9.40 Å². The van der Waals surface area contributed by atoms with Gasteiger partial charge >= 0.3 is 5.69 Å². The van der Waals surface area contributed by atoms with Crippen LogP contribution in [0.2, 0.25) is 0 Å². The first-order valence-electron chi connectivity index (χ1n) is 5.57. The van der Waals surface area contributed by atoms with Gasteiger partial charge in [-0.25, -0.2) is 4.98 Å². The molecular formula is C12H9BrN4O4. The molecule has 21 heavy (non-hydrogen) atoms. The van der Waals surface area contributed by atoms with Crippen molar-refractivity contribution in [2.75, 3.05) is 0 Å². The van der Waals surface area contributed by atoms with Crippen molar-refractivity contribution in [3.05, 3.63) is 56.7 Å². The Morgan fingerprint density at radius 1 is 1.48 bits per heavy atom. The minimum absolute atomic E-state index is 0.0201. The summed E-state index contributed by atoms with van der Waals surface area (Å²) >= 11 is 3.19. The zero-order chi connectivity index (χ0) is 15.4.